The first kappa shape index (κ1) is 20.6. The summed E-state index contributed by atoms with van der Waals surface area (Å²) >= 11 is 7.10. The summed E-state index contributed by atoms with van der Waals surface area (Å²) in [5, 5.41) is 8.82. The van der Waals surface area contributed by atoms with E-state index in [0.717, 1.165) is 35.3 Å². The van der Waals surface area contributed by atoms with Crippen LogP contribution in [0, 0.1) is 5.82 Å². The number of hydrogen-bond donors (Lipinski definition) is 2. The fourth-order valence-corrected chi connectivity index (χ4v) is 3.83. The van der Waals surface area contributed by atoms with E-state index in [1.165, 1.54) is 24.1 Å². The van der Waals surface area contributed by atoms with Gasteiger partial charge in [-0.2, -0.15) is 5.10 Å². The second-order valence-corrected chi connectivity index (χ2v) is 8.33. The number of rotatable bonds is 7. The van der Waals surface area contributed by atoms with Gasteiger partial charge >= 0.3 is 0 Å². The van der Waals surface area contributed by atoms with Gasteiger partial charge in [0.25, 0.3) is 0 Å². The Kier molecular flexibility index (Phi) is 6.17. The number of hydrogen-bond acceptors (Lipinski definition) is 6. The van der Waals surface area contributed by atoms with Gasteiger partial charge in [-0.15, -0.1) is 0 Å². The van der Waals surface area contributed by atoms with Gasteiger partial charge in [0.1, 0.15) is 5.82 Å². The second-order valence-electron chi connectivity index (χ2n) is 7.04. The first-order valence-corrected chi connectivity index (χ1v) is 10.5. The molecule has 0 atom stereocenters. The Morgan fingerprint density at radius 2 is 1.97 bits per heavy atom. The molecule has 0 bridgehead atoms. The second kappa shape index (κ2) is 8.99. The summed E-state index contributed by atoms with van der Waals surface area (Å²) in [5.74, 6) is 0.285. The molecule has 4 rings (SSSR count). The largest absolute Gasteiger partial charge is 0.326 e. The number of anilines is 1. The number of H-pyrrole nitrogens is 1. The van der Waals surface area contributed by atoms with E-state index in [4.69, 9.17) is 11.6 Å². The third-order valence-electron chi connectivity index (χ3n) is 4.51. The Balaban J connectivity index is 1.47. The fraction of sp³-hybridized carbons (Fsp3) is 0.190. The number of nitrogens with one attached hydrogen (secondary N) is 2. The predicted molar refractivity (Wildman–Crippen MR) is 120 cm³/mol. The van der Waals surface area contributed by atoms with Crippen LogP contribution >= 0.6 is 23.5 Å². The molecule has 0 amide bonds. The minimum atomic E-state index is -0.320. The highest BCUT2D eigenvalue weighted by Crippen LogP contribution is 2.28. The smallest absolute Gasteiger partial charge is 0.184 e. The highest BCUT2D eigenvalue weighted by Gasteiger charge is 2.10. The minimum absolute atomic E-state index is 0.320. The summed E-state index contributed by atoms with van der Waals surface area (Å²) in [6.45, 7) is 0.921. The monoisotopic (exact) mass is 442 g/mol. The van der Waals surface area contributed by atoms with Gasteiger partial charge in [0, 0.05) is 41.1 Å². The predicted octanol–water partition coefficient (Wildman–Crippen LogP) is 5.04. The molecule has 4 aromatic rings. The van der Waals surface area contributed by atoms with E-state index < -0.39 is 0 Å². The molecule has 0 aliphatic rings. The molecule has 0 saturated carbocycles. The zero-order valence-corrected chi connectivity index (χ0v) is 18.1. The van der Waals surface area contributed by atoms with E-state index >= 15 is 0 Å². The van der Waals surface area contributed by atoms with Crippen LogP contribution in [0.15, 0.2) is 53.6 Å². The van der Waals surface area contributed by atoms with Crippen LogP contribution in [-0.4, -0.2) is 45.7 Å². The van der Waals surface area contributed by atoms with E-state index in [0.29, 0.717) is 21.4 Å². The van der Waals surface area contributed by atoms with Crippen molar-refractivity contribution in [2.75, 3.05) is 25.4 Å². The molecule has 0 unspecified atom stereocenters. The summed E-state index contributed by atoms with van der Waals surface area (Å²) in [6, 6.07) is 12.1. The van der Waals surface area contributed by atoms with Crippen LogP contribution in [0.2, 0.25) is 5.02 Å². The molecule has 0 aliphatic heterocycles. The maximum absolute atomic E-state index is 13.8. The number of benzene rings is 2. The number of aromatic amines is 1. The SMILES string of the molecule is CN(C)CCc1[nH]nc2nc(-c3ccc(NSc4cc(Cl)ccc4F)cc3)ncc12. The Morgan fingerprint density at radius 3 is 2.73 bits per heavy atom. The number of halogens is 2. The van der Waals surface area contributed by atoms with Gasteiger partial charge in [0.05, 0.1) is 10.3 Å². The molecular formula is C21H20ClFN6S. The molecule has 30 heavy (non-hydrogen) atoms. The maximum atomic E-state index is 13.8. The highest BCUT2D eigenvalue weighted by molar-refractivity contribution is 8.00. The van der Waals surface area contributed by atoms with E-state index in [1.54, 1.807) is 6.07 Å². The van der Waals surface area contributed by atoms with E-state index in [-0.39, 0.29) is 5.82 Å². The zero-order valence-electron chi connectivity index (χ0n) is 16.5. The third-order valence-corrected chi connectivity index (χ3v) is 5.62. The average Bonchev–Trinajstić information content (AvgIpc) is 3.15. The zero-order chi connectivity index (χ0) is 21.1. The lowest BCUT2D eigenvalue weighted by Gasteiger charge is -2.08. The van der Waals surface area contributed by atoms with Crippen molar-refractivity contribution in [3.05, 3.63) is 65.2 Å². The molecule has 0 fully saturated rings. The molecule has 0 saturated heterocycles. The number of nitrogens with zero attached hydrogens (tertiary/aromatic N) is 4. The van der Waals surface area contributed by atoms with Crippen LogP contribution in [0.4, 0.5) is 10.1 Å². The summed E-state index contributed by atoms with van der Waals surface area (Å²) in [4.78, 5) is 11.6. The minimum Gasteiger partial charge on any atom is -0.326 e. The van der Waals surface area contributed by atoms with Crippen LogP contribution in [0.3, 0.4) is 0 Å². The molecule has 6 nitrogen and oxygen atoms in total. The van der Waals surface area contributed by atoms with Crippen molar-refractivity contribution in [1.82, 2.24) is 25.1 Å². The van der Waals surface area contributed by atoms with Crippen molar-refractivity contribution in [3.8, 4) is 11.4 Å². The van der Waals surface area contributed by atoms with Gasteiger partial charge < -0.3 is 9.62 Å². The van der Waals surface area contributed by atoms with E-state index in [9.17, 15) is 4.39 Å². The molecule has 2 N–H and O–H groups in total. The lowest BCUT2D eigenvalue weighted by atomic mass is 10.2. The van der Waals surface area contributed by atoms with Crippen molar-refractivity contribution in [2.45, 2.75) is 11.3 Å². The van der Waals surface area contributed by atoms with Gasteiger partial charge in [-0.1, -0.05) is 11.6 Å². The molecule has 0 radical (unpaired) electrons. The molecule has 0 spiro atoms. The fourth-order valence-electron chi connectivity index (χ4n) is 2.87. The lowest BCUT2D eigenvalue weighted by Crippen LogP contribution is -2.15. The van der Waals surface area contributed by atoms with E-state index in [2.05, 4.69) is 29.8 Å². The lowest BCUT2D eigenvalue weighted by molar-refractivity contribution is 0.412. The molecule has 0 aliphatic carbocycles. The first-order chi connectivity index (χ1) is 14.5. The quantitative estimate of drug-likeness (QED) is 0.391. The van der Waals surface area contributed by atoms with Crippen molar-refractivity contribution in [2.24, 2.45) is 0 Å². The van der Waals surface area contributed by atoms with Gasteiger partial charge in [-0.05, 0) is 68.5 Å². The van der Waals surface area contributed by atoms with Gasteiger partial charge in [-0.25, -0.2) is 14.4 Å². The topological polar surface area (TPSA) is 69.7 Å². The Labute approximate surface area is 183 Å². The van der Waals surface area contributed by atoms with Gasteiger partial charge in [0.15, 0.2) is 11.5 Å². The van der Waals surface area contributed by atoms with Crippen LogP contribution in [0.25, 0.3) is 22.4 Å². The number of fused-ring (bicyclic) bond motifs is 1. The maximum Gasteiger partial charge on any atom is 0.184 e. The van der Waals surface area contributed by atoms with Crippen molar-refractivity contribution >= 4 is 40.3 Å². The molecular weight excluding hydrogens is 423 g/mol. The highest BCUT2D eigenvalue weighted by atomic mass is 35.5. The average molecular weight is 443 g/mol. The Bertz CT molecular complexity index is 1160. The van der Waals surface area contributed by atoms with Crippen molar-refractivity contribution in [3.63, 3.8) is 0 Å². The van der Waals surface area contributed by atoms with Crippen molar-refractivity contribution < 1.29 is 4.39 Å². The Hall–Kier alpha value is -2.68. The molecule has 2 heterocycles. The standard InChI is InChI=1S/C21H20ClFN6S/c1-29(2)10-9-18-16-12-24-20(25-21(16)27-26-18)13-3-6-15(7-4-13)28-30-19-11-14(22)5-8-17(19)23/h3-8,11-12,28H,9-10H2,1-2H3,(H,24,25,26,27). The van der Waals surface area contributed by atoms with Crippen LogP contribution < -0.4 is 4.72 Å². The van der Waals surface area contributed by atoms with E-state index in [1.807, 2.05) is 44.6 Å². The van der Waals surface area contributed by atoms with Crippen LogP contribution in [0.5, 0.6) is 0 Å². The van der Waals surface area contributed by atoms with Crippen LogP contribution in [0.1, 0.15) is 5.69 Å². The molecule has 2 aromatic carbocycles. The number of likely N-dealkylation sites (N-methyl/N-ethyl adjacent to an activating group) is 1. The van der Waals surface area contributed by atoms with Crippen LogP contribution in [-0.2, 0) is 6.42 Å². The molecule has 2 aromatic heterocycles. The summed E-state index contributed by atoms with van der Waals surface area (Å²) in [6.07, 6.45) is 2.67. The summed E-state index contributed by atoms with van der Waals surface area (Å²) in [5.41, 5.74) is 3.40. The Morgan fingerprint density at radius 1 is 1.17 bits per heavy atom. The van der Waals surface area contributed by atoms with Gasteiger partial charge in [0.2, 0.25) is 0 Å². The summed E-state index contributed by atoms with van der Waals surface area (Å²) in [7, 11) is 4.07. The molecule has 9 heteroatoms. The normalized spacial score (nSPS) is 11.4. The molecule has 154 valence electrons. The number of aromatic nitrogens is 4. The first-order valence-electron chi connectivity index (χ1n) is 9.32. The summed E-state index contributed by atoms with van der Waals surface area (Å²) < 4.78 is 16.9. The third kappa shape index (κ3) is 4.72. The van der Waals surface area contributed by atoms with Crippen molar-refractivity contribution in [1.29, 1.82) is 0 Å². The van der Waals surface area contributed by atoms with Gasteiger partial charge in [-0.3, -0.25) is 5.10 Å².